The van der Waals surface area contributed by atoms with Crippen LogP contribution in [0.4, 0.5) is 8.78 Å². The van der Waals surface area contributed by atoms with Crippen molar-refractivity contribution in [3.8, 4) is 0 Å². The Bertz CT molecular complexity index is 975. The van der Waals surface area contributed by atoms with Gasteiger partial charge in [-0.05, 0) is 43.2 Å². The predicted octanol–water partition coefficient (Wildman–Crippen LogP) is 5.04. The van der Waals surface area contributed by atoms with Crippen LogP contribution in [0.1, 0.15) is 31.7 Å². The van der Waals surface area contributed by atoms with Gasteiger partial charge >= 0.3 is 0 Å². The van der Waals surface area contributed by atoms with Gasteiger partial charge in [-0.2, -0.15) is 8.78 Å². The third-order valence-corrected chi connectivity index (χ3v) is 5.49. The quantitative estimate of drug-likeness (QED) is 0.536. The molecular formula is C21H23F2N3OS. The summed E-state index contributed by atoms with van der Waals surface area (Å²) in [5, 5.41) is 0.577. The first-order chi connectivity index (χ1) is 13.5. The van der Waals surface area contributed by atoms with Crippen LogP contribution < -0.4 is 5.56 Å². The van der Waals surface area contributed by atoms with Crippen LogP contribution in [0.2, 0.25) is 0 Å². The number of thioether (sulfide) groups is 1. The first-order valence-corrected chi connectivity index (χ1v) is 10.1. The third kappa shape index (κ3) is 5.17. The van der Waals surface area contributed by atoms with Crippen molar-refractivity contribution < 1.29 is 8.78 Å². The predicted molar refractivity (Wildman–Crippen MR) is 110 cm³/mol. The molecule has 1 atom stereocenters. The molecule has 0 fully saturated rings. The van der Waals surface area contributed by atoms with E-state index in [2.05, 4.69) is 28.7 Å². The summed E-state index contributed by atoms with van der Waals surface area (Å²) >= 11 is 0.545. The fourth-order valence-electron chi connectivity index (χ4n) is 3.04. The Labute approximate surface area is 167 Å². The molecule has 0 spiro atoms. The Hall–Kier alpha value is -2.25. The number of H-pyrrole nitrogens is 1. The average molecular weight is 403 g/mol. The molecule has 4 nitrogen and oxygen atoms in total. The van der Waals surface area contributed by atoms with Crippen LogP contribution in [0.3, 0.4) is 0 Å². The second-order valence-corrected chi connectivity index (χ2v) is 7.78. The van der Waals surface area contributed by atoms with Crippen LogP contribution in [0.25, 0.3) is 10.9 Å². The lowest BCUT2D eigenvalue weighted by molar-refractivity contribution is 0.181. The number of aromatic amines is 1. The molecule has 0 aliphatic carbocycles. The number of alkyl halides is 2. The van der Waals surface area contributed by atoms with E-state index in [-0.39, 0.29) is 11.6 Å². The number of fused-ring (bicyclic) bond motifs is 1. The van der Waals surface area contributed by atoms with Crippen molar-refractivity contribution in [2.45, 2.75) is 50.1 Å². The smallest absolute Gasteiger partial charge is 0.288 e. The number of aromatic nitrogens is 2. The molecule has 1 unspecified atom stereocenters. The molecule has 7 heteroatoms. The second-order valence-electron chi connectivity index (χ2n) is 6.71. The number of rotatable bonds is 8. The number of nitrogens with one attached hydrogen (secondary N) is 1. The highest BCUT2D eigenvalue weighted by Crippen LogP contribution is 2.25. The van der Waals surface area contributed by atoms with Crippen LogP contribution in [-0.2, 0) is 13.1 Å². The van der Waals surface area contributed by atoms with Gasteiger partial charge in [0.05, 0.1) is 17.4 Å². The van der Waals surface area contributed by atoms with Crippen molar-refractivity contribution in [3.63, 3.8) is 0 Å². The summed E-state index contributed by atoms with van der Waals surface area (Å²) in [5.41, 5.74) is 1.57. The summed E-state index contributed by atoms with van der Waals surface area (Å²) in [6, 6.07) is 14.7. The lowest BCUT2D eigenvalue weighted by Gasteiger charge is -2.28. The zero-order chi connectivity index (χ0) is 20.1. The van der Waals surface area contributed by atoms with E-state index in [1.54, 1.807) is 18.2 Å². The van der Waals surface area contributed by atoms with Crippen LogP contribution in [-0.4, -0.2) is 26.7 Å². The van der Waals surface area contributed by atoms with Gasteiger partial charge in [0, 0.05) is 17.5 Å². The Morgan fingerprint density at radius 1 is 1.11 bits per heavy atom. The van der Waals surface area contributed by atoms with Gasteiger partial charge in [-0.1, -0.05) is 43.0 Å². The van der Waals surface area contributed by atoms with Crippen molar-refractivity contribution in [3.05, 3.63) is 70.3 Å². The SMILES string of the molecule is CCC(C)N(Cc1ccc(SC(F)F)cc1)Cc1nc2ccccc2c(=O)[nH]1. The molecule has 3 aromatic rings. The monoisotopic (exact) mass is 403 g/mol. The van der Waals surface area contributed by atoms with E-state index in [0.29, 0.717) is 46.5 Å². The van der Waals surface area contributed by atoms with E-state index in [1.165, 1.54) is 0 Å². The summed E-state index contributed by atoms with van der Waals surface area (Å²) < 4.78 is 25.0. The molecule has 2 aromatic carbocycles. The molecule has 0 aliphatic rings. The highest BCUT2D eigenvalue weighted by molar-refractivity contribution is 7.99. The lowest BCUT2D eigenvalue weighted by Crippen LogP contribution is -2.33. The van der Waals surface area contributed by atoms with Crippen molar-refractivity contribution in [2.24, 2.45) is 0 Å². The van der Waals surface area contributed by atoms with E-state index in [4.69, 9.17) is 0 Å². The molecule has 28 heavy (non-hydrogen) atoms. The Kier molecular flexibility index (Phi) is 6.80. The van der Waals surface area contributed by atoms with Gasteiger partial charge in [-0.3, -0.25) is 9.69 Å². The van der Waals surface area contributed by atoms with E-state index in [9.17, 15) is 13.6 Å². The van der Waals surface area contributed by atoms with Crippen molar-refractivity contribution in [1.29, 1.82) is 0 Å². The largest absolute Gasteiger partial charge is 0.309 e. The van der Waals surface area contributed by atoms with Gasteiger partial charge in [0.2, 0.25) is 0 Å². The Balaban J connectivity index is 1.80. The number of nitrogens with zero attached hydrogens (tertiary/aromatic N) is 2. The lowest BCUT2D eigenvalue weighted by atomic mass is 10.1. The first-order valence-electron chi connectivity index (χ1n) is 9.22. The van der Waals surface area contributed by atoms with E-state index >= 15 is 0 Å². The number of para-hydroxylation sites is 1. The molecule has 0 amide bonds. The van der Waals surface area contributed by atoms with E-state index in [0.717, 1.165) is 12.0 Å². The number of hydrogen-bond acceptors (Lipinski definition) is 4. The fourth-order valence-corrected chi connectivity index (χ4v) is 3.54. The van der Waals surface area contributed by atoms with Crippen LogP contribution in [0.5, 0.6) is 0 Å². The molecule has 1 N–H and O–H groups in total. The summed E-state index contributed by atoms with van der Waals surface area (Å²) in [7, 11) is 0. The molecule has 0 aliphatic heterocycles. The van der Waals surface area contributed by atoms with Gasteiger partial charge in [-0.15, -0.1) is 0 Å². The minimum Gasteiger partial charge on any atom is -0.309 e. The van der Waals surface area contributed by atoms with Crippen LogP contribution in [0.15, 0.2) is 58.2 Å². The number of hydrogen-bond donors (Lipinski definition) is 1. The molecule has 1 aromatic heterocycles. The van der Waals surface area contributed by atoms with Gasteiger partial charge in [-0.25, -0.2) is 4.98 Å². The topological polar surface area (TPSA) is 49.0 Å². The highest BCUT2D eigenvalue weighted by Gasteiger charge is 2.16. The first kappa shape index (κ1) is 20.5. The zero-order valence-corrected chi connectivity index (χ0v) is 16.7. The minimum atomic E-state index is -2.42. The van der Waals surface area contributed by atoms with Gasteiger partial charge in [0.15, 0.2) is 0 Å². The Morgan fingerprint density at radius 2 is 1.82 bits per heavy atom. The fraction of sp³-hybridized carbons (Fsp3) is 0.333. The summed E-state index contributed by atoms with van der Waals surface area (Å²) in [5.74, 6) is -1.80. The van der Waals surface area contributed by atoms with Gasteiger partial charge in [0.25, 0.3) is 11.3 Å². The molecule has 0 bridgehead atoms. The standard InChI is InChI=1S/C21H23F2N3OS/c1-3-14(2)26(12-15-8-10-16(11-9-15)28-21(22)23)13-19-24-18-7-5-4-6-17(18)20(27)25-19/h4-11,14,21H,3,12-13H2,1-2H3,(H,24,25,27). The maximum Gasteiger partial charge on any atom is 0.288 e. The number of benzene rings is 2. The Morgan fingerprint density at radius 3 is 2.50 bits per heavy atom. The molecule has 0 saturated carbocycles. The maximum absolute atomic E-state index is 12.5. The zero-order valence-electron chi connectivity index (χ0n) is 15.9. The molecule has 3 rings (SSSR count). The molecule has 0 radical (unpaired) electrons. The van der Waals surface area contributed by atoms with Crippen molar-refractivity contribution in [2.75, 3.05) is 0 Å². The normalized spacial score (nSPS) is 12.8. The summed E-state index contributed by atoms with van der Waals surface area (Å²) in [4.78, 5) is 22.6. The van der Waals surface area contributed by atoms with E-state index in [1.807, 2.05) is 30.3 Å². The molecule has 148 valence electrons. The van der Waals surface area contributed by atoms with Gasteiger partial charge in [0.1, 0.15) is 5.82 Å². The van der Waals surface area contributed by atoms with E-state index < -0.39 is 5.76 Å². The van der Waals surface area contributed by atoms with Crippen molar-refractivity contribution in [1.82, 2.24) is 14.9 Å². The average Bonchev–Trinajstić information content (AvgIpc) is 2.68. The number of halogens is 2. The molecular weight excluding hydrogens is 380 g/mol. The summed E-state index contributed by atoms with van der Waals surface area (Å²) in [6.07, 6.45) is 0.942. The highest BCUT2D eigenvalue weighted by atomic mass is 32.2. The van der Waals surface area contributed by atoms with Crippen LogP contribution in [0, 0.1) is 0 Å². The second kappa shape index (κ2) is 9.30. The molecule has 1 heterocycles. The summed E-state index contributed by atoms with van der Waals surface area (Å²) in [6.45, 7) is 5.38. The maximum atomic E-state index is 12.5. The van der Waals surface area contributed by atoms with Crippen molar-refractivity contribution >= 4 is 22.7 Å². The minimum absolute atomic E-state index is 0.141. The van der Waals surface area contributed by atoms with Crippen LogP contribution >= 0.6 is 11.8 Å². The molecule has 0 saturated heterocycles. The van der Waals surface area contributed by atoms with Gasteiger partial charge < -0.3 is 4.98 Å². The third-order valence-electron chi connectivity index (χ3n) is 4.76.